The largest absolute Gasteiger partial charge is 0.284 e. The van der Waals surface area contributed by atoms with Crippen LogP contribution in [0.25, 0.3) is 0 Å². The van der Waals surface area contributed by atoms with Gasteiger partial charge in [-0.05, 0) is 45.1 Å². The summed E-state index contributed by atoms with van der Waals surface area (Å²) in [4.78, 5) is 2.40. The number of rotatable bonds is 2. The number of hydrogen-bond acceptors (Lipinski definition) is 4. The van der Waals surface area contributed by atoms with Crippen LogP contribution in [0.2, 0.25) is 0 Å². The second kappa shape index (κ2) is 3.86. The number of aromatic nitrogens is 2. The molecule has 0 radical (unpaired) electrons. The summed E-state index contributed by atoms with van der Waals surface area (Å²) < 4.78 is 2.82. The van der Waals surface area contributed by atoms with E-state index in [0.717, 1.165) is 15.6 Å². The Morgan fingerprint density at radius 3 is 2.69 bits per heavy atom. The molecule has 2 rings (SSSR count). The van der Waals surface area contributed by atoms with Crippen molar-refractivity contribution in [2.45, 2.75) is 26.4 Å². The van der Waals surface area contributed by atoms with E-state index in [9.17, 15) is 0 Å². The molecule has 0 unspecified atom stereocenters. The van der Waals surface area contributed by atoms with Crippen LogP contribution in [-0.2, 0) is 6.67 Å². The molecule has 13 heavy (non-hydrogen) atoms. The third-order valence-electron chi connectivity index (χ3n) is 2.24. The van der Waals surface area contributed by atoms with Crippen LogP contribution < -0.4 is 0 Å². The molecule has 72 valence electrons. The quantitative estimate of drug-likeness (QED) is 0.704. The maximum atomic E-state index is 5.20. The molecule has 1 aromatic rings. The number of hydrogen-bond donors (Lipinski definition) is 0. The molecule has 3 nitrogen and oxygen atoms in total. The molecule has 0 bridgehead atoms. The summed E-state index contributed by atoms with van der Waals surface area (Å²) in [6.07, 6.45) is 2.63. The van der Waals surface area contributed by atoms with Gasteiger partial charge in [0.2, 0.25) is 0 Å². The van der Waals surface area contributed by atoms with Crippen LogP contribution in [0.15, 0.2) is 0 Å². The highest BCUT2D eigenvalue weighted by molar-refractivity contribution is 7.73. The second-order valence-corrected chi connectivity index (χ2v) is 5.18. The second-order valence-electron chi connectivity index (χ2n) is 3.35. The van der Waals surface area contributed by atoms with Crippen molar-refractivity contribution in [3.8, 4) is 0 Å². The lowest BCUT2D eigenvalue weighted by atomic mass is 10.4. The molecule has 0 atom stereocenters. The summed E-state index contributed by atoms with van der Waals surface area (Å²) in [6.45, 7) is 5.26. The molecule has 0 saturated carbocycles. The monoisotopic (exact) mass is 215 g/mol. The van der Waals surface area contributed by atoms with Gasteiger partial charge in [0.25, 0.3) is 0 Å². The Labute approximate surface area is 87.0 Å². The number of aryl methyl sites for hydroxylation is 1. The van der Waals surface area contributed by atoms with Crippen LogP contribution in [0.5, 0.6) is 0 Å². The fourth-order valence-corrected chi connectivity index (χ4v) is 2.67. The lowest BCUT2D eigenvalue weighted by Gasteiger charge is -2.13. The molecule has 1 aromatic heterocycles. The zero-order chi connectivity index (χ0) is 9.26. The molecule has 0 N–H and O–H groups in total. The lowest BCUT2D eigenvalue weighted by molar-refractivity contribution is 0.254. The molecule has 0 aliphatic carbocycles. The molecular formula is C8H13N3S2. The first-order chi connectivity index (χ1) is 6.25. The van der Waals surface area contributed by atoms with E-state index in [0.29, 0.717) is 0 Å². The standard InChI is InChI=1S/C8H13N3S2/c1-7-9-11(8(12)13-7)6-10-4-2-3-5-10/h2-6H2,1H3. The third-order valence-corrected chi connectivity index (χ3v) is 3.46. The minimum absolute atomic E-state index is 0.878. The van der Waals surface area contributed by atoms with E-state index in [-0.39, 0.29) is 0 Å². The first-order valence-corrected chi connectivity index (χ1v) is 5.75. The average molecular weight is 215 g/mol. The highest BCUT2D eigenvalue weighted by Crippen LogP contribution is 2.11. The molecule has 0 amide bonds. The molecule has 5 heteroatoms. The summed E-state index contributed by atoms with van der Waals surface area (Å²) in [5.41, 5.74) is 0. The van der Waals surface area contributed by atoms with Crippen molar-refractivity contribution in [3.63, 3.8) is 0 Å². The molecule has 1 fully saturated rings. The van der Waals surface area contributed by atoms with E-state index >= 15 is 0 Å². The van der Waals surface area contributed by atoms with Gasteiger partial charge in [-0.25, -0.2) is 4.68 Å². The lowest BCUT2D eigenvalue weighted by Crippen LogP contribution is -2.23. The first-order valence-electron chi connectivity index (χ1n) is 4.52. The van der Waals surface area contributed by atoms with Crippen molar-refractivity contribution < 1.29 is 0 Å². The minimum atomic E-state index is 0.878. The van der Waals surface area contributed by atoms with Gasteiger partial charge in [0.15, 0.2) is 3.95 Å². The van der Waals surface area contributed by atoms with Crippen molar-refractivity contribution >= 4 is 23.6 Å². The van der Waals surface area contributed by atoms with Crippen molar-refractivity contribution in [2.24, 2.45) is 0 Å². The zero-order valence-corrected chi connectivity index (χ0v) is 9.33. The Kier molecular flexibility index (Phi) is 2.76. The van der Waals surface area contributed by atoms with E-state index in [1.54, 1.807) is 11.3 Å². The van der Waals surface area contributed by atoms with Crippen LogP contribution >= 0.6 is 23.6 Å². The van der Waals surface area contributed by atoms with Crippen LogP contribution in [-0.4, -0.2) is 27.8 Å². The highest BCUT2D eigenvalue weighted by atomic mass is 32.1. The van der Waals surface area contributed by atoms with Crippen LogP contribution in [0.4, 0.5) is 0 Å². The average Bonchev–Trinajstić information content (AvgIpc) is 2.63. The van der Waals surface area contributed by atoms with Crippen molar-refractivity contribution in [2.75, 3.05) is 13.1 Å². The van der Waals surface area contributed by atoms with E-state index in [1.165, 1.54) is 25.9 Å². The van der Waals surface area contributed by atoms with Gasteiger partial charge in [-0.1, -0.05) is 11.3 Å². The van der Waals surface area contributed by atoms with Gasteiger partial charge in [0.05, 0.1) is 6.67 Å². The smallest absolute Gasteiger partial charge is 0.180 e. The van der Waals surface area contributed by atoms with Gasteiger partial charge in [-0.2, -0.15) is 5.10 Å². The molecule has 0 spiro atoms. The van der Waals surface area contributed by atoms with Crippen LogP contribution in [0.1, 0.15) is 17.8 Å². The normalized spacial score (nSPS) is 18.2. The van der Waals surface area contributed by atoms with Gasteiger partial charge >= 0.3 is 0 Å². The predicted octanol–water partition coefficient (Wildman–Crippen LogP) is 2.04. The maximum absolute atomic E-state index is 5.20. The third kappa shape index (κ3) is 2.15. The summed E-state index contributed by atoms with van der Waals surface area (Å²) in [6, 6.07) is 0. The molecule has 1 saturated heterocycles. The Morgan fingerprint density at radius 1 is 1.46 bits per heavy atom. The molecule has 2 heterocycles. The fraction of sp³-hybridized carbons (Fsp3) is 0.750. The highest BCUT2D eigenvalue weighted by Gasteiger charge is 2.12. The van der Waals surface area contributed by atoms with E-state index in [1.807, 2.05) is 11.6 Å². The minimum Gasteiger partial charge on any atom is -0.284 e. The van der Waals surface area contributed by atoms with Crippen molar-refractivity contribution in [3.05, 3.63) is 8.96 Å². The van der Waals surface area contributed by atoms with E-state index < -0.39 is 0 Å². The Balaban J connectivity index is 2.08. The van der Waals surface area contributed by atoms with Gasteiger partial charge < -0.3 is 0 Å². The summed E-state index contributed by atoms with van der Waals surface area (Å²) in [5, 5.41) is 5.42. The first kappa shape index (κ1) is 9.30. The van der Waals surface area contributed by atoms with Gasteiger partial charge in [-0.15, -0.1) is 0 Å². The molecule has 0 aromatic carbocycles. The number of likely N-dealkylation sites (tertiary alicyclic amines) is 1. The molecule has 1 aliphatic heterocycles. The SMILES string of the molecule is Cc1nn(CN2CCCC2)c(=S)s1. The van der Waals surface area contributed by atoms with E-state index in [4.69, 9.17) is 12.2 Å². The predicted molar refractivity (Wildman–Crippen MR) is 56.5 cm³/mol. The fourth-order valence-electron chi connectivity index (χ4n) is 1.61. The van der Waals surface area contributed by atoms with Crippen LogP contribution in [0, 0.1) is 10.9 Å². The van der Waals surface area contributed by atoms with E-state index in [2.05, 4.69) is 10.00 Å². The Hall–Kier alpha value is -0.260. The summed E-state index contributed by atoms with van der Waals surface area (Å²) in [5.74, 6) is 0. The molecule has 1 aliphatic rings. The maximum Gasteiger partial charge on any atom is 0.180 e. The summed E-state index contributed by atoms with van der Waals surface area (Å²) >= 11 is 6.79. The van der Waals surface area contributed by atoms with Gasteiger partial charge in [-0.3, -0.25) is 4.90 Å². The Bertz CT molecular complexity index is 335. The summed E-state index contributed by atoms with van der Waals surface area (Å²) in [7, 11) is 0. The van der Waals surface area contributed by atoms with Crippen molar-refractivity contribution in [1.29, 1.82) is 0 Å². The topological polar surface area (TPSA) is 21.1 Å². The Morgan fingerprint density at radius 2 is 2.15 bits per heavy atom. The van der Waals surface area contributed by atoms with Gasteiger partial charge in [0.1, 0.15) is 5.01 Å². The van der Waals surface area contributed by atoms with Gasteiger partial charge in [0, 0.05) is 0 Å². The zero-order valence-electron chi connectivity index (χ0n) is 7.69. The van der Waals surface area contributed by atoms with Crippen molar-refractivity contribution in [1.82, 2.24) is 14.7 Å². The molecular weight excluding hydrogens is 202 g/mol. The van der Waals surface area contributed by atoms with Crippen LogP contribution in [0.3, 0.4) is 0 Å². The number of nitrogens with zero attached hydrogens (tertiary/aromatic N) is 3.